The Balaban J connectivity index is 2.92. The second-order valence-corrected chi connectivity index (χ2v) is 5.05. The van der Waals surface area contributed by atoms with Crippen molar-refractivity contribution in [3.63, 3.8) is 0 Å². The lowest BCUT2D eigenvalue weighted by atomic mass is 9.97. The van der Waals surface area contributed by atoms with Crippen LogP contribution >= 0.6 is 15.9 Å². The molecule has 0 aliphatic carbocycles. The predicted molar refractivity (Wildman–Crippen MR) is 67.5 cm³/mol. The zero-order chi connectivity index (χ0) is 11.3. The number of rotatable bonds is 4. The van der Waals surface area contributed by atoms with Gasteiger partial charge in [-0.1, -0.05) is 51.4 Å². The molecule has 0 aliphatic rings. The first kappa shape index (κ1) is 12.2. The van der Waals surface area contributed by atoms with Gasteiger partial charge in [0.15, 0.2) is 0 Å². The highest BCUT2D eigenvalue weighted by atomic mass is 79.9. The summed E-state index contributed by atoms with van der Waals surface area (Å²) < 4.78 is -0.260. The third-order valence-electron chi connectivity index (χ3n) is 2.33. The van der Waals surface area contributed by atoms with Crippen LogP contribution in [0.5, 0.6) is 0 Å². The Morgan fingerprint density at radius 3 is 2.53 bits per heavy atom. The van der Waals surface area contributed by atoms with Crippen molar-refractivity contribution in [1.82, 2.24) is 0 Å². The number of oxime groups is 1. The van der Waals surface area contributed by atoms with Crippen LogP contribution in [0.3, 0.4) is 0 Å². The predicted octanol–water partition coefficient (Wildman–Crippen LogP) is 3.71. The fourth-order valence-corrected chi connectivity index (χ4v) is 1.54. The average Bonchev–Trinajstić information content (AvgIpc) is 2.27. The minimum atomic E-state index is -0.260. The van der Waals surface area contributed by atoms with E-state index < -0.39 is 0 Å². The quantitative estimate of drug-likeness (QED) is 0.464. The summed E-state index contributed by atoms with van der Waals surface area (Å²) in [5, 5.41) is 4.06. The van der Waals surface area contributed by atoms with Gasteiger partial charge in [0.05, 0.1) is 10.0 Å². The van der Waals surface area contributed by atoms with Crippen LogP contribution in [0, 0.1) is 0 Å². The molecule has 0 fully saturated rings. The monoisotopic (exact) mass is 269 g/mol. The molecule has 15 heavy (non-hydrogen) atoms. The summed E-state index contributed by atoms with van der Waals surface area (Å²) in [7, 11) is 0. The topological polar surface area (TPSA) is 21.6 Å². The van der Waals surface area contributed by atoms with Crippen molar-refractivity contribution >= 4 is 21.6 Å². The summed E-state index contributed by atoms with van der Waals surface area (Å²) in [5.41, 5.74) is 2.08. The van der Waals surface area contributed by atoms with Crippen LogP contribution < -0.4 is 0 Å². The third kappa shape index (κ3) is 3.06. The molecule has 1 rings (SSSR count). The Labute approximate surface area is 99.5 Å². The molecule has 0 saturated carbocycles. The number of hydrogen-bond acceptors (Lipinski definition) is 2. The van der Waals surface area contributed by atoms with Crippen LogP contribution in [0.2, 0.25) is 0 Å². The Morgan fingerprint density at radius 2 is 2.00 bits per heavy atom. The zero-order valence-electron chi connectivity index (χ0n) is 9.33. The molecule has 0 spiro atoms. The Morgan fingerprint density at radius 1 is 1.40 bits per heavy atom. The van der Waals surface area contributed by atoms with E-state index in [1.54, 1.807) is 0 Å². The maximum Gasteiger partial charge on any atom is 0.114 e. The number of benzene rings is 1. The molecule has 2 nitrogen and oxygen atoms in total. The molecule has 0 radical (unpaired) electrons. The highest BCUT2D eigenvalue weighted by Gasteiger charge is 2.26. The second kappa shape index (κ2) is 5.31. The summed E-state index contributed by atoms with van der Waals surface area (Å²) in [6.07, 6.45) is 0. The molecule has 1 aromatic carbocycles. The maximum atomic E-state index is 5.06. The molecule has 0 aromatic heterocycles. The van der Waals surface area contributed by atoms with E-state index in [2.05, 4.69) is 40.1 Å². The largest absolute Gasteiger partial charge is 0.396 e. The normalized spacial score (nSPS) is 15.9. The van der Waals surface area contributed by atoms with Gasteiger partial charge >= 0.3 is 0 Å². The summed E-state index contributed by atoms with van der Waals surface area (Å²) in [6, 6.07) is 10.2. The Kier molecular flexibility index (Phi) is 4.33. The molecular weight excluding hydrogens is 254 g/mol. The van der Waals surface area contributed by atoms with E-state index in [-0.39, 0.29) is 4.32 Å². The van der Waals surface area contributed by atoms with E-state index in [0.717, 1.165) is 5.71 Å². The van der Waals surface area contributed by atoms with Crippen LogP contribution in [-0.2, 0) is 9.16 Å². The molecule has 1 atom stereocenters. The van der Waals surface area contributed by atoms with Gasteiger partial charge in [-0.3, -0.25) is 0 Å². The van der Waals surface area contributed by atoms with E-state index in [9.17, 15) is 0 Å². The second-order valence-electron chi connectivity index (χ2n) is 3.46. The summed E-state index contributed by atoms with van der Waals surface area (Å²) in [4.78, 5) is 5.06. The van der Waals surface area contributed by atoms with Gasteiger partial charge in [0.2, 0.25) is 0 Å². The van der Waals surface area contributed by atoms with E-state index in [1.807, 2.05) is 32.0 Å². The minimum absolute atomic E-state index is 0.260. The van der Waals surface area contributed by atoms with Crippen LogP contribution in [0.15, 0.2) is 35.5 Å². The summed E-state index contributed by atoms with van der Waals surface area (Å²) in [5.74, 6) is 0. The summed E-state index contributed by atoms with van der Waals surface area (Å²) in [6.45, 7) is 6.54. The molecule has 0 amide bonds. The van der Waals surface area contributed by atoms with Gasteiger partial charge in [-0.2, -0.15) is 0 Å². The highest BCUT2D eigenvalue weighted by molar-refractivity contribution is 9.10. The van der Waals surface area contributed by atoms with Crippen molar-refractivity contribution in [2.75, 3.05) is 6.61 Å². The molecule has 1 unspecified atom stereocenters. The standard InChI is InChI=1S/C12H16BrNO/c1-4-15-14-10(2)12(3,13)11-8-6-5-7-9-11/h5-9H,4H2,1-3H3. The third-order valence-corrected chi connectivity index (χ3v) is 3.36. The molecular formula is C12H16BrNO. The van der Waals surface area contributed by atoms with Gasteiger partial charge in [-0.05, 0) is 26.3 Å². The van der Waals surface area contributed by atoms with Gasteiger partial charge in [0.25, 0.3) is 0 Å². The van der Waals surface area contributed by atoms with Gasteiger partial charge < -0.3 is 4.84 Å². The lowest BCUT2D eigenvalue weighted by Gasteiger charge is -2.22. The van der Waals surface area contributed by atoms with Gasteiger partial charge in [-0.15, -0.1) is 0 Å². The number of alkyl halides is 1. The molecule has 82 valence electrons. The zero-order valence-corrected chi connectivity index (χ0v) is 10.9. The number of halogens is 1. The number of nitrogens with zero attached hydrogens (tertiary/aromatic N) is 1. The van der Waals surface area contributed by atoms with Crippen molar-refractivity contribution < 1.29 is 4.84 Å². The maximum absolute atomic E-state index is 5.06. The van der Waals surface area contributed by atoms with Crippen molar-refractivity contribution in [2.45, 2.75) is 25.1 Å². The van der Waals surface area contributed by atoms with Crippen LogP contribution in [0.4, 0.5) is 0 Å². The average molecular weight is 270 g/mol. The lowest BCUT2D eigenvalue weighted by Crippen LogP contribution is -2.23. The molecule has 3 heteroatoms. The van der Waals surface area contributed by atoms with Crippen molar-refractivity contribution in [1.29, 1.82) is 0 Å². The SMILES string of the molecule is CCON=C(C)C(C)(Br)c1ccccc1. The van der Waals surface area contributed by atoms with Crippen LogP contribution in [0.1, 0.15) is 26.3 Å². The van der Waals surface area contributed by atoms with E-state index in [0.29, 0.717) is 6.61 Å². The van der Waals surface area contributed by atoms with Crippen molar-refractivity contribution in [3.8, 4) is 0 Å². The molecule has 0 saturated heterocycles. The van der Waals surface area contributed by atoms with Crippen molar-refractivity contribution in [2.24, 2.45) is 5.16 Å². The minimum Gasteiger partial charge on any atom is -0.396 e. The molecule has 1 aromatic rings. The highest BCUT2D eigenvalue weighted by Crippen LogP contribution is 2.32. The van der Waals surface area contributed by atoms with E-state index in [4.69, 9.17) is 4.84 Å². The van der Waals surface area contributed by atoms with Gasteiger partial charge in [-0.25, -0.2) is 0 Å². The Hall–Kier alpha value is -0.830. The van der Waals surface area contributed by atoms with Gasteiger partial charge in [0.1, 0.15) is 6.61 Å². The number of hydrogen-bond donors (Lipinski definition) is 0. The fraction of sp³-hybridized carbons (Fsp3) is 0.417. The van der Waals surface area contributed by atoms with Crippen molar-refractivity contribution in [3.05, 3.63) is 35.9 Å². The lowest BCUT2D eigenvalue weighted by molar-refractivity contribution is 0.157. The molecule has 0 aliphatic heterocycles. The van der Waals surface area contributed by atoms with E-state index in [1.165, 1.54) is 5.56 Å². The summed E-state index contributed by atoms with van der Waals surface area (Å²) >= 11 is 3.67. The smallest absolute Gasteiger partial charge is 0.114 e. The fourth-order valence-electron chi connectivity index (χ4n) is 1.21. The van der Waals surface area contributed by atoms with Gasteiger partial charge in [0, 0.05) is 0 Å². The molecule has 0 N–H and O–H groups in total. The van der Waals surface area contributed by atoms with Crippen LogP contribution in [0.25, 0.3) is 0 Å². The first-order valence-electron chi connectivity index (χ1n) is 5.00. The molecule has 0 heterocycles. The molecule has 0 bridgehead atoms. The van der Waals surface area contributed by atoms with Crippen LogP contribution in [-0.4, -0.2) is 12.3 Å². The first-order chi connectivity index (χ1) is 7.09. The first-order valence-corrected chi connectivity index (χ1v) is 5.79. The Bertz CT molecular complexity index is 333. The van der Waals surface area contributed by atoms with E-state index >= 15 is 0 Å².